The predicted molar refractivity (Wildman–Crippen MR) is 252 cm³/mol. The lowest BCUT2D eigenvalue weighted by Gasteiger charge is -2.39. The highest BCUT2D eigenvalue weighted by Crippen LogP contribution is 2.24. The van der Waals surface area contributed by atoms with Crippen molar-refractivity contribution < 1.29 is 109 Å². The molecule has 3 aliphatic heterocycles. The summed E-state index contributed by atoms with van der Waals surface area (Å²) in [5.74, 6) is -1.50. The van der Waals surface area contributed by atoms with E-state index in [-0.39, 0.29) is 64.2 Å². The zero-order valence-corrected chi connectivity index (χ0v) is 41.4. The molecule has 3 aliphatic rings. The molecular formula is C44H85N7O22. The molecule has 19 N–H and O–H groups in total. The van der Waals surface area contributed by atoms with Crippen LogP contribution in [0.3, 0.4) is 0 Å². The van der Waals surface area contributed by atoms with Crippen LogP contribution in [0.15, 0.2) is 0 Å². The lowest BCUT2D eigenvalue weighted by atomic mass is 9.99. The summed E-state index contributed by atoms with van der Waals surface area (Å²) in [4.78, 5) is 39.0. The summed E-state index contributed by atoms with van der Waals surface area (Å²) in [5, 5.41) is 147. The fourth-order valence-corrected chi connectivity index (χ4v) is 8.04. The quantitative estimate of drug-likeness (QED) is 0.0254. The first-order chi connectivity index (χ1) is 35.0. The number of carboxylic acids is 1. The molecule has 3 rings (SSSR count). The summed E-state index contributed by atoms with van der Waals surface area (Å²) in [6, 6.07) is -0.606. The summed E-state index contributed by atoms with van der Waals surface area (Å²) >= 11 is 0. The molecule has 3 fully saturated rings. The van der Waals surface area contributed by atoms with Gasteiger partial charge in [-0.1, -0.05) is 12.8 Å². The third-order valence-electron chi connectivity index (χ3n) is 12.4. The Morgan fingerprint density at radius 2 is 0.918 bits per heavy atom. The molecule has 0 aromatic rings. The predicted octanol–water partition coefficient (Wildman–Crippen LogP) is -9.49. The molecule has 0 spiro atoms. The van der Waals surface area contributed by atoms with Gasteiger partial charge >= 0.3 is 5.97 Å². The molecule has 1 unspecified atom stereocenters. The zero-order valence-electron chi connectivity index (χ0n) is 41.4. The summed E-state index contributed by atoms with van der Waals surface area (Å²) in [6.07, 6.45) is -17.2. The lowest BCUT2D eigenvalue weighted by Crippen LogP contribution is -2.59. The van der Waals surface area contributed by atoms with Crippen molar-refractivity contribution in [3.8, 4) is 0 Å². The molecule has 0 aromatic heterocycles. The Labute approximate surface area is 424 Å². The largest absolute Gasteiger partial charge is 0.481 e. The minimum Gasteiger partial charge on any atom is -0.481 e. The molecule has 0 radical (unpaired) electrons. The molecule has 0 aromatic carbocycles. The summed E-state index contributed by atoms with van der Waals surface area (Å²) < 4.78 is 32.6. The van der Waals surface area contributed by atoms with Gasteiger partial charge in [-0.05, 0) is 38.8 Å². The molecule has 73 heavy (non-hydrogen) atoms. The number of carboxylic acid groups (broad SMARTS) is 1. The Balaban J connectivity index is 1.48. The van der Waals surface area contributed by atoms with Gasteiger partial charge in [-0.15, -0.1) is 0 Å². The number of aliphatic hydroxyl groups excluding tert-OH is 12. The van der Waals surface area contributed by atoms with Crippen molar-refractivity contribution in [1.29, 1.82) is 0 Å². The summed E-state index contributed by atoms with van der Waals surface area (Å²) in [5.41, 5.74) is 0. The molecule has 29 nitrogen and oxygen atoms in total. The SMILES string of the molecule is O=C(O)CCCCCNCCCCC(NCCNCCN(CCNCCO[C@H]1O[C@H](CO)[C@@H](O)[C@H](O)[C@H]1O)CC(=O)NCCO[C@H]1O[C@H](CO)[C@@H](O)[C@H](O)[C@H]1O)C(=O)NCCO[C@H]1O[C@H](CO)[C@@H](O)[C@H](O)[C@@H]1O. The van der Waals surface area contributed by atoms with Crippen molar-refractivity contribution in [1.82, 2.24) is 36.8 Å². The van der Waals surface area contributed by atoms with E-state index in [9.17, 15) is 75.7 Å². The van der Waals surface area contributed by atoms with Crippen LogP contribution in [-0.4, -0.2) is 305 Å². The van der Waals surface area contributed by atoms with Crippen LogP contribution in [0.2, 0.25) is 0 Å². The van der Waals surface area contributed by atoms with Gasteiger partial charge in [-0.25, -0.2) is 0 Å². The highest BCUT2D eigenvalue weighted by atomic mass is 16.7. The van der Waals surface area contributed by atoms with E-state index in [0.29, 0.717) is 65.1 Å². The second-order valence-corrected chi connectivity index (χ2v) is 18.1. The van der Waals surface area contributed by atoms with E-state index in [0.717, 1.165) is 25.8 Å². The highest BCUT2D eigenvalue weighted by Gasteiger charge is 2.46. The van der Waals surface area contributed by atoms with Crippen LogP contribution < -0.4 is 31.9 Å². The van der Waals surface area contributed by atoms with Gasteiger partial charge in [-0.3, -0.25) is 19.3 Å². The van der Waals surface area contributed by atoms with E-state index in [4.69, 9.17) is 33.5 Å². The third-order valence-corrected chi connectivity index (χ3v) is 12.4. The van der Waals surface area contributed by atoms with Crippen molar-refractivity contribution >= 4 is 17.8 Å². The van der Waals surface area contributed by atoms with Crippen LogP contribution in [0, 0.1) is 0 Å². The Bertz CT molecular complexity index is 1500. The maximum absolute atomic E-state index is 13.4. The van der Waals surface area contributed by atoms with Crippen molar-refractivity contribution in [3.63, 3.8) is 0 Å². The van der Waals surface area contributed by atoms with Crippen LogP contribution in [0.25, 0.3) is 0 Å². The number of aliphatic hydroxyl groups is 12. The molecule has 0 saturated carbocycles. The van der Waals surface area contributed by atoms with E-state index < -0.39 is 124 Å². The Morgan fingerprint density at radius 1 is 0.479 bits per heavy atom. The molecule has 0 aliphatic carbocycles. The van der Waals surface area contributed by atoms with Crippen LogP contribution in [0.4, 0.5) is 0 Å². The molecule has 0 bridgehead atoms. The van der Waals surface area contributed by atoms with E-state index >= 15 is 0 Å². The van der Waals surface area contributed by atoms with Crippen LogP contribution >= 0.6 is 0 Å². The van der Waals surface area contributed by atoms with Gasteiger partial charge < -0.3 is 127 Å². The topological polar surface area (TPSA) is 445 Å². The minimum atomic E-state index is -1.62. The van der Waals surface area contributed by atoms with Crippen molar-refractivity contribution in [2.75, 3.05) is 118 Å². The molecule has 29 heteroatoms. The van der Waals surface area contributed by atoms with Crippen LogP contribution in [0.1, 0.15) is 44.9 Å². The molecule has 16 atom stereocenters. The number of nitrogens with one attached hydrogen (secondary N) is 6. The Hall–Kier alpha value is -2.51. The second-order valence-electron chi connectivity index (χ2n) is 18.1. The minimum absolute atomic E-state index is 0.00807. The molecule has 3 saturated heterocycles. The first-order valence-electron chi connectivity index (χ1n) is 25.1. The van der Waals surface area contributed by atoms with Gasteiger partial charge in [0, 0.05) is 65.3 Å². The first kappa shape index (κ1) is 64.8. The number of unbranched alkanes of at least 4 members (excludes halogenated alkanes) is 3. The lowest BCUT2D eigenvalue weighted by molar-refractivity contribution is -0.300. The van der Waals surface area contributed by atoms with E-state index in [1.807, 2.05) is 4.90 Å². The highest BCUT2D eigenvalue weighted by molar-refractivity contribution is 5.81. The fraction of sp³-hybridized carbons (Fsp3) is 0.932. The number of nitrogens with zero attached hydrogens (tertiary/aromatic N) is 1. The number of carbonyl (C=O) groups excluding carboxylic acids is 2. The van der Waals surface area contributed by atoms with Crippen LogP contribution in [-0.2, 0) is 42.8 Å². The van der Waals surface area contributed by atoms with Crippen molar-refractivity contribution in [2.45, 2.75) is 143 Å². The van der Waals surface area contributed by atoms with E-state index in [2.05, 4.69) is 31.9 Å². The molecular weight excluding hydrogens is 979 g/mol. The zero-order chi connectivity index (χ0) is 53.7. The van der Waals surface area contributed by atoms with Gasteiger partial charge in [-0.2, -0.15) is 0 Å². The standard InChI is InChI=1S/C44H85N7O22/c52-23-27-32(58)35(61)38(64)42(71-27)68-19-14-47-13-18-51(22-30(55)49-15-20-69-43-39(65)36(62)33(59)28(24-53)72-43)17-12-46-10-11-48-26(6-3-5-9-45-8-4-1-2-7-31(56)57)41(67)50-16-21-70-44-40(66)37(63)34(60)29(25-54)73-44/h26-29,32-40,42-48,52-54,58-66H,1-25H2,(H,49,55)(H,50,67)(H,56,57)/t26?,27-,28-,29-,32-,33-,34-,35+,36+,37+,38-,39-,40+,42+,43+,44+/m1/s1. The number of ether oxygens (including phenoxy) is 6. The maximum Gasteiger partial charge on any atom is 0.303 e. The average molecular weight is 1060 g/mol. The maximum atomic E-state index is 13.4. The normalized spacial score (nSPS) is 31.1. The van der Waals surface area contributed by atoms with Gasteiger partial charge in [0.1, 0.15) is 73.2 Å². The molecule has 428 valence electrons. The van der Waals surface area contributed by atoms with Crippen molar-refractivity contribution in [2.24, 2.45) is 0 Å². The third kappa shape index (κ3) is 23.3. The average Bonchev–Trinajstić information content (AvgIpc) is 3.37. The van der Waals surface area contributed by atoms with E-state index in [1.54, 1.807) is 0 Å². The summed E-state index contributed by atoms with van der Waals surface area (Å²) in [6.45, 7) is 1.96. The van der Waals surface area contributed by atoms with Crippen LogP contribution in [0.5, 0.6) is 0 Å². The molecule has 2 amide bonds. The summed E-state index contributed by atoms with van der Waals surface area (Å²) in [7, 11) is 0. The smallest absolute Gasteiger partial charge is 0.303 e. The first-order valence-corrected chi connectivity index (χ1v) is 25.1. The number of hydrogen-bond acceptors (Lipinski definition) is 26. The number of carbonyl (C=O) groups is 3. The van der Waals surface area contributed by atoms with Gasteiger partial charge in [0.2, 0.25) is 11.8 Å². The molecule has 3 heterocycles. The monoisotopic (exact) mass is 1060 g/mol. The number of aliphatic carboxylic acids is 1. The Morgan fingerprint density at radius 3 is 1.40 bits per heavy atom. The van der Waals surface area contributed by atoms with Gasteiger partial charge in [0.25, 0.3) is 0 Å². The second kappa shape index (κ2) is 36.5. The number of amides is 2. The van der Waals surface area contributed by atoms with Crippen molar-refractivity contribution in [3.05, 3.63) is 0 Å². The Kier molecular flexibility index (Phi) is 32.4. The fourth-order valence-electron chi connectivity index (χ4n) is 8.04. The number of hydrogen-bond donors (Lipinski definition) is 19. The number of rotatable bonds is 39. The van der Waals surface area contributed by atoms with E-state index in [1.165, 1.54) is 0 Å². The van der Waals surface area contributed by atoms with Gasteiger partial charge in [0.15, 0.2) is 18.9 Å². The van der Waals surface area contributed by atoms with Gasteiger partial charge in [0.05, 0.1) is 52.2 Å².